The lowest BCUT2D eigenvalue weighted by Crippen LogP contribution is -2.39. The standard InChI is InChI=1S/C16H22BrF2N/c1-3-16(4-2)7-9-20(10-8-16)11-12-14(18)6-5-13(17)15(12)19/h5-6H,3-4,7-11H2,1-2H3. The molecule has 1 aromatic carbocycles. The zero-order chi connectivity index (χ0) is 14.8. The van der Waals surface area contributed by atoms with E-state index in [2.05, 4.69) is 34.7 Å². The summed E-state index contributed by atoms with van der Waals surface area (Å²) in [5.41, 5.74) is 0.616. The quantitative estimate of drug-likeness (QED) is 0.683. The first kappa shape index (κ1) is 15.9. The van der Waals surface area contributed by atoms with Crippen molar-refractivity contribution in [3.63, 3.8) is 0 Å². The van der Waals surface area contributed by atoms with Gasteiger partial charge in [-0.3, -0.25) is 4.90 Å². The molecule has 1 saturated heterocycles. The maximum atomic E-state index is 14.0. The average molecular weight is 346 g/mol. The van der Waals surface area contributed by atoms with Crippen LogP contribution in [0.4, 0.5) is 8.78 Å². The van der Waals surface area contributed by atoms with Gasteiger partial charge in [-0.05, 0) is 59.4 Å². The summed E-state index contributed by atoms with van der Waals surface area (Å²) in [6, 6.07) is 2.75. The molecule has 1 aliphatic heterocycles. The van der Waals surface area contributed by atoms with Crippen molar-refractivity contribution in [2.75, 3.05) is 13.1 Å². The summed E-state index contributed by atoms with van der Waals surface area (Å²) >= 11 is 3.13. The Hall–Kier alpha value is -0.480. The van der Waals surface area contributed by atoms with E-state index >= 15 is 0 Å². The smallest absolute Gasteiger partial charge is 0.144 e. The topological polar surface area (TPSA) is 3.24 Å². The highest BCUT2D eigenvalue weighted by molar-refractivity contribution is 9.10. The van der Waals surface area contributed by atoms with Gasteiger partial charge < -0.3 is 0 Å². The third-order valence-corrected chi connectivity index (χ3v) is 5.55. The molecule has 0 N–H and O–H groups in total. The summed E-state index contributed by atoms with van der Waals surface area (Å²) in [5.74, 6) is -0.915. The van der Waals surface area contributed by atoms with E-state index < -0.39 is 11.6 Å². The van der Waals surface area contributed by atoms with Crippen LogP contribution < -0.4 is 0 Å². The number of rotatable bonds is 4. The molecule has 0 spiro atoms. The second kappa shape index (κ2) is 6.52. The predicted molar refractivity (Wildman–Crippen MR) is 81.6 cm³/mol. The van der Waals surface area contributed by atoms with Gasteiger partial charge in [-0.25, -0.2) is 8.78 Å². The number of nitrogens with zero attached hydrogens (tertiary/aromatic N) is 1. The van der Waals surface area contributed by atoms with Gasteiger partial charge in [0.05, 0.1) is 4.47 Å². The third-order valence-electron chi connectivity index (χ3n) is 4.94. The van der Waals surface area contributed by atoms with Crippen LogP contribution in [0.3, 0.4) is 0 Å². The van der Waals surface area contributed by atoms with Crippen LogP contribution in [0.15, 0.2) is 16.6 Å². The fourth-order valence-corrected chi connectivity index (χ4v) is 3.45. The van der Waals surface area contributed by atoms with Crippen LogP contribution in [0.5, 0.6) is 0 Å². The van der Waals surface area contributed by atoms with Gasteiger partial charge in [0.1, 0.15) is 11.6 Å². The summed E-state index contributed by atoms with van der Waals surface area (Å²) < 4.78 is 28.1. The van der Waals surface area contributed by atoms with Crippen LogP contribution in [-0.4, -0.2) is 18.0 Å². The Morgan fingerprint density at radius 3 is 2.30 bits per heavy atom. The zero-order valence-electron chi connectivity index (χ0n) is 12.2. The fourth-order valence-electron chi connectivity index (χ4n) is 3.08. The van der Waals surface area contributed by atoms with Crippen LogP contribution in [0, 0.1) is 17.0 Å². The minimum Gasteiger partial charge on any atom is -0.299 e. The van der Waals surface area contributed by atoms with Gasteiger partial charge in [-0.2, -0.15) is 0 Å². The SMILES string of the molecule is CCC1(CC)CCN(Cc2c(F)ccc(Br)c2F)CC1. The highest BCUT2D eigenvalue weighted by Crippen LogP contribution is 2.38. The second-order valence-corrected chi connectivity index (χ2v) is 6.66. The van der Waals surface area contributed by atoms with Crippen molar-refractivity contribution in [2.45, 2.75) is 46.1 Å². The number of piperidine rings is 1. The molecule has 2 rings (SSSR count). The lowest BCUT2D eigenvalue weighted by atomic mass is 9.74. The number of likely N-dealkylation sites (tertiary alicyclic amines) is 1. The van der Waals surface area contributed by atoms with Crippen molar-refractivity contribution < 1.29 is 8.78 Å². The molecule has 0 bridgehead atoms. The van der Waals surface area contributed by atoms with Crippen molar-refractivity contribution >= 4 is 15.9 Å². The molecule has 0 amide bonds. The maximum Gasteiger partial charge on any atom is 0.144 e. The molecular weight excluding hydrogens is 324 g/mol. The molecule has 1 aliphatic rings. The monoisotopic (exact) mass is 345 g/mol. The molecule has 20 heavy (non-hydrogen) atoms. The Labute approximate surface area is 128 Å². The summed E-state index contributed by atoms with van der Waals surface area (Å²) in [6.07, 6.45) is 4.63. The molecule has 0 aliphatic carbocycles. The van der Waals surface area contributed by atoms with Gasteiger partial charge >= 0.3 is 0 Å². The van der Waals surface area contributed by atoms with Crippen LogP contribution >= 0.6 is 15.9 Å². The van der Waals surface area contributed by atoms with Crippen LogP contribution in [0.25, 0.3) is 0 Å². The maximum absolute atomic E-state index is 14.0. The normalized spacial score (nSPS) is 19.2. The lowest BCUT2D eigenvalue weighted by Gasteiger charge is -2.41. The number of hydrogen-bond acceptors (Lipinski definition) is 1. The van der Waals surface area contributed by atoms with Crippen LogP contribution in [0.1, 0.15) is 45.1 Å². The molecule has 0 saturated carbocycles. The summed E-state index contributed by atoms with van der Waals surface area (Å²) in [5, 5.41) is 0. The lowest BCUT2D eigenvalue weighted by molar-refractivity contribution is 0.0893. The van der Waals surface area contributed by atoms with E-state index in [0.29, 0.717) is 16.4 Å². The number of halogens is 3. The zero-order valence-corrected chi connectivity index (χ0v) is 13.8. The van der Waals surface area contributed by atoms with Crippen LogP contribution in [0.2, 0.25) is 0 Å². The van der Waals surface area contributed by atoms with Gasteiger partial charge in [0.15, 0.2) is 0 Å². The van der Waals surface area contributed by atoms with Crippen molar-refractivity contribution in [1.82, 2.24) is 4.90 Å². The number of hydrogen-bond donors (Lipinski definition) is 0. The minimum absolute atomic E-state index is 0.180. The van der Waals surface area contributed by atoms with E-state index in [1.807, 2.05) is 0 Å². The Kier molecular flexibility index (Phi) is 5.19. The highest BCUT2D eigenvalue weighted by atomic mass is 79.9. The fraction of sp³-hybridized carbons (Fsp3) is 0.625. The molecule has 112 valence electrons. The molecule has 1 fully saturated rings. The van der Waals surface area contributed by atoms with Gasteiger partial charge in [0.25, 0.3) is 0 Å². The van der Waals surface area contributed by atoms with E-state index in [1.165, 1.54) is 25.0 Å². The van der Waals surface area contributed by atoms with E-state index in [4.69, 9.17) is 0 Å². The van der Waals surface area contributed by atoms with E-state index in [0.717, 1.165) is 25.9 Å². The van der Waals surface area contributed by atoms with Gasteiger partial charge in [0, 0.05) is 12.1 Å². The Morgan fingerprint density at radius 2 is 1.75 bits per heavy atom. The molecule has 0 atom stereocenters. The first-order chi connectivity index (χ1) is 9.51. The van der Waals surface area contributed by atoms with E-state index in [9.17, 15) is 8.78 Å². The van der Waals surface area contributed by atoms with Crippen molar-refractivity contribution in [1.29, 1.82) is 0 Å². The summed E-state index contributed by atoms with van der Waals surface area (Å²) in [4.78, 5) is 2.16. The molecular formula is C16H22BrF2N. The third kappa shape index (κ3) is 3.22. The Balaban J connectivity index is 2.05. The van der Waals surface area contributed by atoms with Gasteiger partial charge in [-0.1, -0.05) is 26.7 Å². The predicted octanol–water partition coefficient (Wildman–Crippen LogP) is 5.13. The molecule has 0 unspecified atom stereocenters. The number of benzene rings is 1. The molecule has 1 heterocycles. The van der Waals surface area contributed by atoms with Gasteiger partial charge in [-0.15, -0.1) is 0 Å². The Morgan fingerprint density at radius 1 is 1.15 bits per heavy atom. The first-order valence-electron chi connectivity index (χ1n) is 7.36. The van der Waals surface area contributed by atoms with Crippen molar-refractivity contribution in [2.24, 2.45) is 5.41 Å². The molecule has 0 aromatic heterocycles. The van der Waals surface area contributed by atoms with E-state index in [1.54, 1.807) is 0 Å². The van der Waals surface area contributed by atoms with Crippen LogP contribution in [-0.2, 0) is 6.54 Å². The first-order valence-corrected chi connectivity index (χ1v) is 8.15. The molecule has 0 radical (unpaired) electrons. The highest BCUT2D eigenvalue weighted by Gasteiger charge is 2.31. The second-order valence-electron chi connectivity index (χ2n) is 5.80. The van der Waals surface area contributed by atoms with E-state index in [-0.39, 0.29) is 5.56 Å². The van der Waals surface area contributed by atoms with Gasteiger partial charge in [0.2, 0.25) is 0 Å². The molecule has 1 aromatic rings. The molecule has 1 nitrogen and oxygen atoms in total. The summed E-state index contributed by atoms with van der Waals surface area (Å²) in [6.45, 7) is 6.69. The largest absolute Gasteiger partial charge is 0.299 e. The average Bonchev–Trinajstić information content (AvgIpc) is 2.48. The van der Waals surface area contributed by atoms with Crippen molar-refractivity contribution in [3.05, 3.63) is 33.8 Å². The Bertz CT molecular complexity index is 462. The summed E-state index contributed by atoms with van der Waals surface area (Å²) in [7, 11) is 0. The minimum atomic E-state index is -0.465. The molecule has 4 heteroatoms. The van der Waals surface area contributed by atoms with Crippen molar-refractivity contribution in [3.8, 4) is 0 Å².